The first-order chi connectivity index (χ1) is 6.11. The minimum Gasteiger partial charge on any atom is -0.481 e. The van der Waals surface area contributed by atoms with Gasteiger partial charge in [-0.1, -0.05) is 27.2 Å². The molecule has 0 aromatic heterocycles. The lowest BCUT2D eigenvalue weighted by Gasteiger charge is -2.22. The molecule has 0 bridgehead atoms. The van der Waals surface area contributed by atoms with Crippen molar-refractivity contribution in [3.05, 3.63) is 0 Å². The van der Waals surface area contributed by atoms with E-state index in [1.807, 2.05) is 6.92 Å². The highest BCUT2D eigenvalue weighted by atomic mass is 16.4. The highest BCUT2D eigenvalue weighted by Crippen LogP contribution is 2.13. The van der Waals surface area contributed by atoms with Gasteiger partial charge in [-0.25, -0.2) is 0 Å². The fourth-order valence-corrected chi connectivity index (χ4v) is 1.58. The van der Waals surface area contributed by atoms with Crippen LogP contribution in [0.2, 0.25) is 0 Å². The Morgan fingerprint density at radius 2 is 2.08 bits per heavy atom. The van der Waals surface area contributed by atoms with E-state index in [4.69, 9.17) is 5.11 Å². The Hall–Kier alpha value is -0.570. The first-order valence-corrected chi connectivity index (χ1v) is 5.06. The zero-order valence-corrected chi connectivity index (χ0v) is 8.84. The lowest BCUT2D eigenvalue weighted by Crippen LogP contribution is -2.36. The summed E-state index contributed by atoms with van der Waals surface area (Å²) in [5.41, 5.74) is 0. The summed E-state index contributed by atoms with van der Waals surface area (Å²) >= 11 is 0. The third-order valence-corrected chi connectivity index (χ3v) is 2.29. The predicted octanol–water partition coefficient (Wildman–Crippen LogP) is 1.88. The molecule has 2 unspecified atom stereocenters. The van der Waals surface area contributed by atoms with Crippen molar-refractivity contribution in [2.24, 2.45) is 5.92 Å². The molecule has 0 radical (unpaired) electrons. The smallest absolute Gasteiger partial charge is 0.304 e. The predicted molar refractivity (Wildman–Crippen MR) is 53.8 cm³/mol. The first-order valence-electron chi connectivity index (χ1n) is 5.06. The molecule has 0 aliphatic heterocycles. The van der Waals surface area contributed by atoms with Gasteiger partial charge in [0.2, 0.25) is 0 Å². The maximum absolute atomic E-state index is 10.6. The summed E-state index contributed by atoms with van der Waals surface area (Å²) in [4.78, 5) is 10.6. The van der Waals surface area contributed by atoms with Crippen LogP contribution in [0.5, 0.6) is 0 Å². The van der Waals surface area contributed by atoms with Crippen molar-refractivity contribution in [3.8, 4) is 0 Å². The molecule has 78 valence electrons. The average Bonchev–Trinajstić information content (AvgIpc) is 2.03. The standard InChI is InChI=1S/C10H21NO2/c1-4-6-8(3)9(11-5-2)7-10(12)13/h8-9,11H,4-7H2,1-3H3,(H,12,13). The summed E-state index contributed by atoms with van der Waals surface area (Å²) in [5.74, 6) is -0.269. The highest BCUT2D eigenvalue weighted by molar-refractivity contribution is 5.67. The van der Waals surface area contributed by atoms with Crippen LogP contribution in [-0.2, 0) is 4.79 Å². The molecule has 0 rings (SSSR count). The van der Waals surface area contributed by atoms with Crippen LogP contribution in [0.1, 0.15) is 40.0 Å². The molecule has 0 aliphatic rings. The van der Waals surface area contributed by atoms with E-state index in [1.54, 1.807) is 0 Å². The number of aliphatic carboxylic acids is 1. The fraction of sp³-hybridized carbons (Fsp3) is 0.900. The van der Waals surface area contributed by atoms with E-state index in [2.05, 4.69) is 19.2 Å². The molecule has 2 atom stereocenters. The molecular formula is C10H21NO2. The number of nitrogens with one attached hydrogen (secondary N) is 1. The van der Waals surface area contributed by atoms with Crippen LogP contribution in [0.25, 0.3) is 0 Å². The zero-order chi connectivity index (χ0) is 10.3. The van der Waals surface area contributed by atoms with E-state index in [0.29, 0.717) is 5.92 Å². The van der Waals surface area contributed by atoms with Crippen molar-refractivity contribution in [1.29, 1.82) is 0 Å². The van der Waals surface area contributed by atoms with E-state index in [-0.39, 0.29) is 12.5 Å². The molecule has 0 spiro atoms. The van der Waals surface area contributed by atoms with Crippen molar-refractivity contribution in [3.63, 3.8) is 0 Å². The maximum atomic E-state index is 10.6. The van der Waals surface area contributed by atoms with Gasteiger partial charge < -0.3 is 10.4 Å². The summed E-state index contributed by atoms with van der Waals surface area (Å²) in [6.07, 6.45) is 2.43. The molecule has 13 heavy (non-hydrogen) atoms. The molecule has 0 saturated heterocycles. The SMILES string of the molecule is CCCC(C)C(CC(=O)O)NCC. The van der Waals surface area contributed by atoms with E-state index in [1.165, 1.54) is 0 Å². The van der Waals surface area contributed by atoms with Gasteiger partial charge in [-0.05, 0) is 18.9 Å². The maximum Gasteiger partial charge on any atom is 0.304 e. The van der Waals surface area contributed by atoms with Crippen molar-refractivity contribution in [1.82, 2.24) is 5.32 Å². The molecule has 0 saturated carbocycles. The molecule has 0 amide bonds. The Balaban J connectivity index is 3.97. The van der Waals surface area contributed by atoms with Gasteiger partial charge in [-0.2, -0.15) is 0 Å². The van der Waals surface area contributed by atoms with E-state index in [0.717, 1.165) is 19.4 Å². The summed E-state index contributed by atoms with van der Waals surface area (Å²) in [5, 5.41) is 11.9. The number of rotatable bonds is 7. The van der Waals surface area contributed by atoms with Crippen molar-refractivity contribution in [2.75, 3.05) is 6.54 Å². The minimum atomic E-state index is -0.714. The van der Waals surface area contributed by atoms with E-state index < -0.39 is 5.97 Å². The van der Waals surface area contributed by atoms with Crippen LogP contribution in [0.3, 0.4) is 0 Å². The largest absolute Gasteiger partial charge is 0.481 e. The Bertz CT molecular complexity index is 148. The van der Waals surface area contributed by atoms with Gasteiger partial charge in [-0.3, -0.25) is 4.79 Å². The quantitative estimate of drug-likeness (QED) is 0.639. The molecule has 0 fully saturated rings. The van der Waals surface area contributed by atoms with Crippen LogP contribution in [-0.4, -0.2) is 23.7 Å². The normalized spacial score (nSPS) is 15.3. The average molecular weight is 187 g/mol. The van der Waals surface area contributed by atoms with Crippen molar-refractivity contribution >= 4 is 5.97 Å². The first kappa shape index (κ1) is 12.4. The Labute approximate surface area is 80.5 Å². The van der Waals surface area contributed by atoms with Crippen LogP contribution in [0, 0.1) is 5.92 Å². The minimum absolute atomic E-state index is 0.127. The molecular weight excluding hydrogens is 166 g/mol. The number of hydrogen-bond donors (Lipinski definition) is 2. The van der Waals surface area contributed by atoms with Crippen LogP contribution >= 0.6 is 0 Å². The number of carboxylic acids is 1. The zero-order valence-electron chi connectivity index (χ0n) is 8.84. The van der Waals surface area contributed by atoms with E-state index >= 15 is 0 Å². The molecule has 0 aromatic rings. The van der Waals surface area contributed by atoms with Crippen LogP contribution in [0.15, 0.2) is 0 Å². The lowest BCUT2D eigenvalue weighted by atomic mass is 9.94. The summed E-state index contributed by atoms with van der Waals surface area (Å²) < 4.78 is 0. The molecule has 2 N–H and O–H groups in total. The van der Waals surface area contributed by atoms with Gasteiger partial charge in [0.15, 0.2) is 0 Å². The molecule has 0 aromatic carbocycles. The monoisotopic (exact) mass is 187 g/mol. The number of carboxylic acid groups (broad SMARTS) is 1. The molecule has 3 nitrogen and oxygen atoms in total. The summed E-state index contributed by atoms with van der Waals surface area (Å²) in [7, 11) is 0. The second-order valence-electron chi connectivity index (χ2n) is 3.53. The highest BCUT2D eigenvalue weighted by Gasteiger charge is 2.18. The van der Waals surface area contributed by atoms with Gasteiger partial charge in [0.25, 0.3) is 0 Å². The Morgan fingerprint density at radius 1 is 1.46 bits per heavy atom. The fourth-order valence-electron chi connectivity index (χ4n) is 1.58. The van der Waals surface area contributed by atoms with Crippen molar-refractivity contribution in [2.45, 2.75) is 46.1 Å². The van der Waals surface area contributed by atoms with Crippen LogP contribution < -0.4 is 5.32 Å². The third kappa shape index (κ3) is 5.64. The second kappa shape index (κ2) is 6.89. The lowest BCUT2D eigenvalue weighted by molar-refractivity contribution is -0.137. The Kier molecular flexibility index (Phi) is 6.59. The topological polar surface area (TPSA) is 49.3 Å². The van der Waals surface area contributed by atoms with Gasteiger partial charge in [-0.15, -0.1) is 0 Å². The molecule has 3 heteroatoms. The third-order valence-electron chi connectivity index (χ3n) is 2.29. The number of hydrogen-bond acceptors (Lipinski definition) is 2. The molecule has 0 aliphatic carbocycles. The van der Waals surface area contributed by atoms with Crippen LogP contribution in [0.4, 0.5) is 0 Å². The molecule has 0 heterocycles. The Morgan fingerprint density at radius 3 is 2.46 bits per heavy atom. The van der Waals surface area contributed by atoms with Crippen molar-refractivity contribution < 1.29 is 9.90 Å². The summed E-state index contributed by atoms with van der Waals surface area (Å²) in [6, 6.07) is 0.127. The van der Waals surface area contributed by atoms with Gasteiger partial charge in [0.05, 0.1) is 6.42 Å². The second-order valence-corrected chi connectivity index (χ2v) is 3.53. The van der Waals surface area contributed by atoms with Gasteiger partial charge in [0, 0.05) is 6.04 Å². The van der Waals surface area contributed by atoms with Gasteiger partial charge in [0.1, 0.15) is 0 Å². The van der Waals surface area contributed by atoms with E-state index in [9.17, 15) is 4.79 Å². The van der Waals surface area contributed by atoms with Gasteiger partial charge >= 0.3 is 5.97 Å². The number of carbonyl (C=O) groups is 1. The summed E-state index contributed by atoms with van der Waals surface area (Å²) in [6.45, 7) is 7.08.